The van der Waals surface area contributed by atoms with Crippen LogP contribution in [0.4, 0.5) is 4.39 Å². The van der Waals surface area contributed by atoms with Crippen LogP contribution in [0.25, 0.3) is 0 Å². The number of hydrogen-bond donors (Lipinski definition) is 1. The van der Waals surface area contributed by atoms with Gasteiger partial charge >= 0.3 is 0 Å². The minimum Gasteiger partial charge on any atom is -0.254 e. The molecule has 3 nitrogen and oxygen atoms in total. The summed E-state index contributed by atoms with van der Waals surface area (Å²) in [7, 11) is 0. The average Bonchev–Trinajstić information content (AvgIpc) is 2.94. The van der Waals surface area contributed by atoms with Crippen molar-refractivity contribution in [3.05, 3.63) is 76.9 Å². The number of hydrogen-bond acceptors (Lipinski definition) is 3. The third-order valence-electron chi connectivity index (χ3n) is 3.24. The average molecular weight is 313 g/mol. The van der Waals surface area contributed by atoms with Crippen molar-refractivity contribution in [2.75, 3.05) is 0 Å². The van der Waals surface area contributed by atoms with Crippen molar-refractivity contribution < 1.29 is 4.39 Å². The minimum atomic E-state index is -0.214. The first-order valence-electron chi connectivity index (χ1n) is 7.03. The van der Waals surface area contributed by atoms with E-state index in [1.165, 1.54) is 23.3 Å². The van der Waals surface area contributed by atoms with Crippen LogP contribution in [0.15, 0.2) is 53.7 Å². The molecule has 5 heteroatoms. The normalized spacial score (nSPS) is 10.8. The standard InChI is InChI=1S/C17H16FN3S/c1-12-3-2-4-14(9-12)10-16-19-17(21-20-16)22-11-13-5-7-15(18)8-6-13/h2-9H,10-11H2,1H3,(H,19,20,21). The van der Waals surface area contributed by atoms with E-state index in [9.17, 15) is 4.39 Å². The van der Waals surface area contributed by atoms with Crippen LogP contribution in [0.1, 0.15) is 22.5 Å². The number of thioether (sulfide) groups is 1. The van der Waals surface area contributed by atoms with Crippen molar-refractivity contribution in [3.8, 4) is 0 Å². The predicted molar refractivity (Wildman–Crippen MR) is 86.3 cm³/mol. The van der Waals surface area contributed by atoms with Crippen LogP contribution in [-0.4, -0.2) is 15.2 Å². The largest absolute Gasteiger partial charge is 0.254 e. The van der Waals surface area contributed by atoms with E-state index in [-0.39, 0.29) is 5.82 Å². The van der Waals surface area contributed by atoms with Crippen molar-refractivity contribution in [2.45, 2.75) is 24.3 Å². The lowest BCUT2D eigenvalue weighted by Crippen LogP contribution is -1.91. The molecule has 0 saturated heterocycles. The van der Waals surface area contributed by atoms with Crippen molar-refractivity contribution in [1.82, 2.24) is 15.2 Å². The zero-order valence-corrected chi connectivity index (χ0v) is 13.0. The molecule has 3 rings (SSSR count). The number of rotatable bonds is 5. The first-order chi connectivity index (χ1) is 10.7. The van der Waals surface area contributed by atoms with Crippen LogP contribution in [0.2, 0.25) is 0 Å². The highest BCUT2D eigenvalue weighted by Gasteiger charge is 2.06. The number of nitrogens with zero attached hydrogens (tertiary/aromatic N) is 2. The second-order valence-corrected chi connectivity index (χ2v) is 6.10. The number of benzene rings is 2. The number of nitrogens with one attached hydrogen (secondary N) is 1. The molecule has 2 aromatic carbocycles. The molecule has 1 N–H and O–H groups in total. The van der Waals surface area contributed by atoms with E-state index in [4.69, 9.17) is 0 Å². The fourth-order valence-corrected chi connectivity index (χ4v) is 2.94. The Bertz CT molecular complexity index is 753. The van der Waals surface area contributed by atoms with Crippen molar-refractivity contribution in [1.29, 1.82) is 0 Å². The molecule has 1 aromatic heterocycles. The van der Waals surface area contributed by atoms with E-state index in [0.717, 1.165) is 28.7 Å². The summed E-state index contributed by atoms with van der Waals surface area (Å²) >= 11 is 1.56. The predicted octanol–water partition coefficient (Wildman–Crippen LogP) is 4.14. The Labute approximate surface area is 133 Å². The lowest BCUT2D eigenvalue weighted by Gasteiger charge is -1.99. The second-order valence-electron chi connectivity index (χ2n) is 5.14. The van der Waals surface area contributed by atoms with E-state index >= 15 is 0 Å². The fraction of sp³-hybridized carbons (Fsp3) is 0.176. The van der Waals surface area contributed by atoms with Gasteiger partial charge in [-0.15, -0.1) is 0 Å². The van der Waals surface area contributed by atoms with Crippen LogP contribution in [-0.2, 0) is 12.2 Å². The molecule has 0 aliphatic carbocycles. The molecule has 0 bridgehead atoms. The zero-order chi connectivity index (χ0) is 15.4. The monoisotopic (exact) mass is 313 g/mol. The lowest BCUT2D eigenvalue weighted by molar-refractivity contribution is 0.627. The molecule has 3 aromatic rings. The Morgan fingerprint density at radius 1 is 1.09 bits per heavy atom. The van der Waals surface area contributed by atoms with Crippen LogP contribution >= 0.6 is 11.8 Å². The van der Waals surface area contributed by atoms with Gasteiger partial charge in [-0.1, -0.05) is 53.7 Å². The summed E-state index contributed by atoms with van der Waals surface area (Å²) in [6.45, 7) is 2.07. The molecule has 0 spiro atoms. The van der Waals surface area contributed by atoms with Gasteiger partial charge in [-0.25, -0.2) is 9.37 Å². The molecule has 1 heterocycles. The fourth-order valence-electron chi connectivity index (χ4n) is 2.16. The van der Waals surface area contributed by atoms with Gasteiger partial charge in [-0.2, -0.15) is 5.10 Å². The maximum atomic E-state index is 12.9. The van der Waals surface area contributed by atoms with Gasteiger partial charge in [0.2, 0.25) is 0 Å². The molecule has 22 heavy (non-hydrogen) atoms. The third kappa shape index (κ3) is 3.95. The summed E-state index contributed by atoms with van der Waals surface area (Å²) < 4.78 is 12.9. The Kier molecular flexibility index (Phi) is 4.53. The first-order valence-corrected chi connectivity index (χ1v) is 8.02. The molecule has 0 atom stereocenters. The maximum absolute atomic E-state index is 12.9. The van der Waals surface area contributed by atoms with Gasteiger partial charge in [0.1, 0.15) is 5.82 Å². The summed E-state index contributed by atoms with van der Waals surface area (Å²) in [5, 5.41) is 7.98. The zero-order valence-electron chi connectivity index (χ0n) is 12.2. The second kappa shape index (κ2) is 6.75. The molecule has 0 aliphatic rings. The smallest absolute Gasteiger partial charge is 0.184 e. The summed E-state index contributed by atoms with van der Waals surface area (Å²) in [5.74, 6) is 1.31. The number of aryl methyl sites for hydroxylation is 1. The summed E-state index contributed by atoms with van der Waals surface area (Å²) in [6.07, 6.45) is 0.718. The maximum Gasteiger partial charge on any atom is 0.184 e. The third-order valence-corrected chi connectivity index (χ3v) is 4.18. The van der Waals surface area contributed by atoms with Gasteiger partial charge in [-0.05, 0) is 30.2 Å². The lowest BCUT2D eigenvalue weighted by atomic mass is 10.1. The highest BCUT2D eigenvalue weighted by Crippen LogP contribution is 2.20. The molecule has 0 amide bonds. The van der Waals surface area contributed by atoms with Gasteiger partial charge < -0.3 is 0 Å². The van der Waals surface area contributed by atoms with Gasteiger partial charge in [0, 0.05) is 12.2 Å². The van der Waals surface area contributed by atoms with Crippen LogP contribution in [0.5, 0.6) is 0 Å². The highest BCUT2D eigenvalue weighted by atomic mass is 32.2. The Balaban J connectivity index is 1.60. The number of aromatic amines is 1. The van der Waals surface area contributed by atoms with Crippen LogP contribution in [0.3, 0.4) is 0 Å². The molecular weight excluding hydrogens is 297 g/mol. The van der Waals surface area contributed by atoms with Crippen molar-refractivity contribution in [3.63, 3.8) is 0 Å². The van der Waals surface area contributed by atoms with Gasteiger partial charge in [0.15, 0.2) is 11.0 Å². The Morgan fingerprint density at radius 2 is 1.91 bits per heavy atom. The van der Waals surface area contributed by atoms with E-state index < -0.39 is 0 Å². The Morgan fingerprint density at radius 3 is 2.68 bits per heavy atom. The van der Waals surface area contributed by atoms with Crippen molar-refractivity contribution in [2.24, 2.45) is 0 Å². The summed E-state index contributed by atoms with van der Waals surface area (Å²) in [4.78, 5) is 4.49. The molecule has 0 saturated carbocycles. The Hall–Kier alpha value is -2.14. The number of H-pyrrole nitrogens is 1. The number of halogens is 1. The van der Waals surface area contributed by atoms with Crippen LogP contribution < -0.4 is 0 Å². The van der Waals surface area contributed by atoms with E-state index in [2.05, 4.69) is 40.3 Å². The highest BCUT2D eigenvalue weighted by molar-refractivity contribution is 7.98. The molecule has 0 fully saturated rings. The quantitative estimate of drug-likeness (QED) is 0.720. The summed E-state index contributed by atoms with van der Waals surface area (Å²) in [5.41, 5.74) is 3.50. The van der Waals surface area contributed by atoms with Crippen LogP contribution in [0, 0.1) is 12.7 Å². The molecule has 112 valence electrons. The number of aromatic nitrogens is 3. The van der Waals surface area contributed by atoms with E-state index in [0.29, 0.717) is 0 Å². The van der Waals surface area contributed by atoms with E-state index in [1.54, 1.807) is 23.9 Å². The summed E-state index contributed by atoms with van der Waals surface area (Å²) in [6, 6.07) is 14.8. The topological polar surface area (TPSA) is 41.6 Å². The van der Waals surface area contributed by atoms with Gasteiger partial charge in [0.25, 0.3) is 0 Å². The minimum absolute atomic E-state index is 0.214. The molecule has 0 radical (unpaired) electrons. The van der Waals surface area contributed by atoms with E-state index in [1.807, 2.05) is 6.07 Å². The molecule has 0 aliphatic heterocycles. The van der Waals surface area contributed by atoms with Gasteiger partial charge in [-0.3, -0.25) is 5.10 Å². The first kappa shape index (κ1) is 14.8. The van der Waals surface area contributed by atoms with Crippen molar-refractivity contribution >= 4 is 11.8 Å². The molecule has 0 unspecified atom stereocenters. The SMILES string of the molecule is Cc1cccc(Cc2n[nH]c(SCc3ccc(F)cc3)n2)c1. The molecular formula is C17H16FN3S. The van der Waals surface area contributed by atoms with Gasteiger partial charge in [0.05, 0.1) is 0 Å².